The summed E-state index contributed by atoms with van der Waals surface area (Å²) < 4.78 is 5.49. The molecule has 4 nitrogen and oxygen atoms in total. The molecule has 4 heteroatoms. The molecule has 0 atom stereocenters. The highest BCUT2D eigenvalue weighted by atomic mass is 16.3. The van der Waals surface area contributed by atoms with Crippen LogP contribution in [0.4, 0.5) is 11.4 Å². The average Bonchev–Trinajstić information content (AvgIpc) is 2.80. The first kappa shape index (κ1) is 12.5. The maximum absolute atomic E-state index is 5.70. The molecule has 0 fully saturated rings. The number of nitrogen functional groups attached to an aromatic ring is 1. The van der Waals surface area contributed by atoms with Gasteiger partial charge in [0.05, 0.1) is 0 Å². The normalized spacial score (nSPS) is 10.9. The molecule has 0 saturated heterocycles. The molecule has 0 radical (unpaired) electrons. The number of rotatable bonds is 3. The van der Waals surface area contributed by atoms with Crippen LogP contribution in [-0.4, -0.2) is 12.0 Å². The lowest BCUT2D eigenvalue weighted by Gasteiger charge is -2.19. The van der Waals surface area contributed by atoms with E-state index in [0.29, 0.717) is 5.89 Å². The predicted molar refractivity (Wildman–Crippen MR) is 81.7 cm³/mol. The molecule has 0 saturated carbocycles. The van der Waals surface area contributed by atoms with E-state index < -0.39 is 0 Å². The van der Waals surface area contributed by atoms with E-state index in [1.54, 1.807) is 0 Å². The molecule has 1 aromatic heterocycles. The van der Waals surface area contributed by atoms with Crippen molar-refractivity contribution in [2.45, 2.75) is 13.5 Å². The van der Waals surface area contributed by atoms with Crippen molar-refractivity contribution >= 4 is 22.5 Å². The van der Waals surface area contributed by atoms with Gasteiger partial charge in [-0.2, -0.15) is 0 Å². The zero-order valence-corrected chi connectivity index (χ0v) is 11.6. The molecule has 1 heterocycles. The molecular formula is C16H17N3O. The number of aromatic nitrogens is 1. The van der Waals surface area contributed by atoms with Gasteiger partial charge in [-0.1, -0.05) is 12.1 Å². The third-order valence-electron chi connectivity index (χ3n) is 3.32. The summed E-state index contributed by atoms with van der Waals surface area (Å²) in [5.41, 5.74) is 10.5. The number of benzene rings is 2. The van der Waals surface area contributed by atoms with Crippen molar-refractivity contribution in [3.05, 3.63) is 53.9 Å². The third-order valence-corrected chi connectivity index (χ3v) is 3.32. The van der Waals surface area contributed by atoms with Gasteiger partial charge in [-0.15, -0.1) is 0 Å². The fraction of sp³-hybridized carbons (Fsp3) is 0.188. The minimum atomic E-state index is 0.693. The first-order chi connectivity index (χ1) is 9.61. The van der Waals surface area contributed by atoms with Crippen molar-refractivity contribution in [3.63, 3.8) is 0 Å². The van der Waals surface area contributed by atoms with Gasteiger partial charge in [0.25, 0.3) is 0 Å². The second-order valence-corrected chi connectivity index (χ2v) is 4.98. The summed E-state index contributed by atoms with van der Waals surface area (Å²) >= 11 is 0. The van der Waals surface area contributed by atoms with Crippen molar-refractivity contribution < 1.29 is 4.42 Å². The van der Waals surface area contributed by atoms with Crippen molar-refractivity contribution in [1.29, 1.82) is 0 Å². The van der Waals surface area contributed by atoms with Crippen molar-refractivity contribution in [2.24, 2.45) is 0 Å². The van der Waals surface area contributed by atoms with Crippen LogP contribution in [-0.2, 0) is 6.54 Å². The molecule has 0 aliphatic rings. The lowest BCUT2D eigenvalue weighted by atomic mass is 10.2. The Morgan fingerprint density at radius 1 is 1.15 bits per heavy atom. The number of hydrogen-bond donors (Lipinski definition) is 1. The number of nitrogens with two attached hydrogens (primary N) is 1. The second kappa shape index (κ2) is 4.89. The highest BCUT2D eigenvalue weighted by Crippen LogP contribution is 2.23. The summed E-state index contributed by atoms with van der Waals surface area (Å²) in [6.45, 7) is 2.68. The van der Waals surface area contributed by atoms with E-state index in [4.69, 9.17) is 10.2 Å². The summed E-state index contributed by atoms with van der Waals surface area (Å²) in [4.78, 5) is 6.54. The number of nitrogens with zero attached hydrogens (tertiary/aromatic N) is 2. The van der Waals surface area contributed by atoms with E-state index in [1.807, 2.05) is 49.4 Å². The number of oxazole rings is 1. The van der Waals surface area contributed by atoms with Crippen LogP contribution in [0.3, 0.4) is 0 Å². The first-order valence-electron chi connectivity index (χ1n) is 6.54. The van der Waals surface area contributed by atoms with E-state index in [0.717, 1.165) is 29.0 Å². The van der Waals surface area contributed by atoms with Crippen LogP contribution in [0, 0.1) is 6.92 Å². The van der Waals surface area contributed by atoms with Gasteiger partial charge >= 0.3 is 0 Å². The van der Waals surface area contributed by atoms with Gasteiger partial charge in [0.15, 0.2) is 11.5 Å². The van der Waals surface area contributed by atoms with Crippen LogP contribution >= 0.6 is 0 Å². The standard InChI is InChI=1S/C16H17N3O/c1-11-18-15-9-14(7-8-16(15)20-11)19(2)10-12-3-5-13(17)6-4-12/h3-9H,10,17H2,1-2H3. The van der Waals surface area contributed by atoms with Crippen molar-refractivity contribution in [2.75, 3.05) is 17.7 Å². The molecule has 0 unspecified atom stereocenters. The molecule has 0 bridgehead atoms. The topological polar surface area (TPSA) is 55.3 Å². The molecule has 0 aliphatic heterocycles. The largest absolute Gasteiger partial charge is 0.441 e. The monoisotopic (exact) mass is 267 g/mol. The summed E-state index contributed by atoms with van der Waals surface area (Å²) in [5.74, 6) is 0.693. The predicted octanol–water partition coefficient (Wildman–Crippen LogP) is 3.35. The number of aryl methyl sites for hydroxylation is 1. The van der Waals surface area contributed by atoms with E-state index in [1.165, 1.54) is 5.56 Å². The first-order valence-corrected chi connectivity index (χ1v) is 6.54. The van der Waals surface area contributed by atoms with E-state index in [-0.39, 0.29) is 0 Å². The maximum atomic E-state index is 5.70. The summed E-state index contributed by atoms with van der Waals surface area (Å²) in [6.07, 6.45) is 0. The molecule has 3 aromatic rings. The van der Waals surface area contributed by atoms with E-state index >= 15 is 0 Å². The highest BCUT2D eigenvalue weighted by molar-refractivity contribution is 5.77. The molecule has 2 N–H and O–H groups in total. The van der Waals surface area contributed by atoms with Crippen LogP contribution in [0.2, 0.25) is 0 Å². The van der Waals surface area contributed by atoms with Crippen molar-refractivity contribution in [3.8, 4) is 0 Å². The molecule has 20 heavy (non-hydrogen) atoms. The molecule has 0 aliphatic carbocycles. The van der Waals surface area contributed by atoms with Gasteiger partial charge in [-0.05, 0) is 35.9 Å². The summed E-state index contributed by atoms with van der Waals surface area (Å²) in [7, 11) is 2.06. The Morgan fingerprint density at radius 2 is 1.90 bits per heavy atom. The minimum Gasteiger partial charge on any atom is -0.441 e. The SMILES string of the molecule is Cc1nc2cc(N(C)Cc3ccc(N)cc3)ccc2o1. The molecular weight excluding hydrogens is 250 g/mol. The zero-order valence-electron chi connectivity index (χ0n) is 11.6. The molecule has 3 rings (SSSR count). The van der Waals surface area contributed by atoms with E-state index in [9.17, 15) is 0 Å². The Morgan fingerprint density at radius 3 is 2.65 bits per heavy atom. The van der Waals surface area contributed by atoms with Crippen LogP contribution in [0.1, 0.15) is 11.5 Å². The number of anilines is 2. The molecule has 2 aromatic carbocycles. The van der Waals surface area contributed by atoms with Gasteiger partial charge in [0.2, 0.25) is 0 Å². The summed E-state index contributed by atoms with van der Waals surface area (Å²) in [6, 6.07) is 14.0. The summed E-state index contributed by atoms with van der Waals surface area (Å²) in [5, 5.41) is 0. The lowest BCUT2D eigenvalue weighted by molar-refractivity contribution is 0.561. The van der Waals surface area contributed by atoms with Crippen LogP contribution in [0.5, 0.6) is 0 Å². The van der Waals surface area contributed by atoms with Gasteiger partial charge in [0.1, 0.15) is 5.52 Å². The maximum Gasteiger partial charge on any atom is 0.192 e. The molecule has 0 amide bonds. The fourth-order valence-corrected chi connectivity index (χ4v) is 2.26. The van der Waals surface area contributed by atoms with Crippen molar-refractivity contribution in [1.82, 2.24) is 4.98 Å². The fourth-order valence-electron chi connectivity index (χ4n) is 2.26. The van der Waals surface area contributed by atoms with Gasteiger partial charge in [-0.25, -0.2) is 4.98 Å². The van der Waals surface area contributed by atoms with Gasteiger partial charge < -0.3 is 15.1 Å². The average molecular weight is 267 g/mol. The third kappa shape index (κ3) is 2.45. The number of fused-ring (bicyclic) bond motifs is 1. The van der Waals surface area contributed by atoms with Crippen LogP contribution in [0.25, 0.3) is 11.1 Å². The van der Waals surface area contributed by atoms with Gasteiger partial charge in [-0.3, -0.25) is 0 Å². The Bertz CT molecular complexity index is 731. The zero-order chi connectivity index (χ0) is 14.1. The Labute approximate surface area is 117 Å². The van der Waals surface area contributed by atoms with Crippen LogP contribution in [0.15, 0.2) is 46.9 Å². The highest BCUT2D eigenvalue weighted by Gasteiger charge is 2.07. The minimum absolute atomic E-state index is 0.693. The quantitative estimate of drug-likeness (QED) is 0.739. The Balaban J connectivity index is 1.84. The number of hydrogen-bond acceptors (Lipinski definition) is 4. The van der Waals surface area contributed by atoms with Gasteiger partial charge in [0, 0.05) is 31.9 Å². The second-order valence-electron chi connectivity index (χ2n) is 4.98. The molecule has 0 spiro atoms. The lowest BCUT2D eigenvalue weighted by Crippen LogP contribution is -2.16. The Hall–Kier alpha value is -2.49. The van der Waals surface area contributed by atoms with Crippen LogP contribution < -0.4 is 10.6 Å². The Kier molecular flexibility index (Phi) is 3.06. The molecule has 102 valence electrons. The van der Waals surface area contributed by atoms with E-state index in [2.05, 4.69) is 16.9 Å². The smallest absolute Gasteiger partial charge is 0.192 e.